The average Bonchev–Trinajstić information content (AvgIpc) is 2.87. The topological polar surface area (TPSA) is 49.7 Å². The normalized spacial score (nSPS) is 49.0. The summed E-state index contributed by atoms with van der Waals surface area (Å²) >= 11 is 0. The van der Waals surface area contributed by atoms with Crippen molar-refractivity contribution in [2.75, 3.05) is 13.7 Å². The van der Waals surface area contributed by atoms with Crippen LogP contribution in [-0.4, -0.2) is 29.7 Å². The Kier molecular flexibility index (Phi) is 3.51. The molecule has 20 heavy (non-hydrogen) atoms. The van der Waals surface area contributed by atoms with E-state index in [4.69, 9.17) is 4.74 Å². The van der Waals surface area contributed by atoms with Crippen molar-refractivity contribution in [3.8, 4) is 0 Å². The van der Waals surface area contributed by atoms with Crippen LogP contribution >= 0.6 is 0 Å². The van der Waals surface area contributed by atoms with Crippen molar-refractivity contribution in [3.05, 3.63) is 12.2 Å². The van der Waals surface area contributed by atoms with E-state index in [2.05, 4.69) is 13.5 Å². The summed E-state index contributed by atoms with van der Waals surface area (Å²) in [6.07, 6.45) is 7.25. The smallest absolute Gasteiger partial charge is 0.175 e. The molecule has 3 rings (SSSR count). The van der Waals surface area contributed by atoms with E-state index < -0.39 is 5.79 Å². The standard InChI is InChI=1S/C17H28O3/c1-11-15-12(10-18)9-14(17(15,19)20-3)16(11,2)13-7-5-4-6-8-13/h12-15,18-19H,1,4-10H2,2-3H3. The zero-order valence-corrected chi connectivity index (χ0v) is 12.8. The minimum Gasteiger partial charge on any atom is -0.396 e. The van der Waals surface area contributed by atoms with Crippen molar-refractivity contribution in [2.45, 2.75) is 51.2 Å². The van der Waals surface area contributed by atoms with Gasteiger partial charge in [0.15, 0.2) is 5.79 Å². The van der Waals surface area contributed by atoms with Gasteiger partial charge in [0.25, 0.3) is 0 Å². The summed E-state index contributed by atoms with van der Waals surface area (Å²) in [6, 6.07) is 0. The maximum absolute atomic E-state index is 11.0. The largest absolute Gasteiger partial charge is 0.396 e. The summed E-state index contributed by atoms with van der Waals surface area (Å²) in [5.41, 5.74) is 1.10. The predicted molar refractivity (Wildman–Crippen MR) is 78.0 cm³/mol. The first kappa shape index (κ1) is 14.6. The van der Waals surface area contributed by atoms with Gasteiger partial charge in [0, 0.05) is 25.6 Å². The lowest BCUT2D eigenvalue weighted by molar-refractivity contribution is -0.226. The average molecular weight is 280 g/mol. The van der Waals surface area contributed by atoms with E-state index in [9.17, 15) is 10.2 Å². The number of fused-ring (bicyclic) bond motifs is 2. The molecule has 3 heteroatoms. The van der Waals surface area contributed by atoms with Crippen molar-refractivity contribution in [2.24, 2.45) is 29.1 Å². The maximum atomic E-state index is 11.0. The van der Waals surface area contributed by atoms with Crippen molar-refractivity contribution in [3.63, 3.8) is 0 Å². The van der Waals surface area contributed by atoms with Crippen molar-refractivity contribution < 1.29 is 14.9 Å². The first-order valence-corrected chi connectivity index (χ1v) is 8.07. The van der Waals surface area contributed by atoms with Gasteiger partial charge < -0.3 is 14.9 Å². The Morgan fingerprint density at radius 1 is 1.30 bits per heavy atom. The van der Waals surface area contributed by atoms with Crippen LogP contribution in [0.15, 0.2) is 12.2 Å². The van der Waals surface area contributed by atoms with Gasteiger partial charge in [-0.3, -0.25) is 0 Å². The third-order valence-corrected chi connectivity index (χ3v) is 6.76. The third kappa shape index (κ3) is 1.63. The molecule has 3 fully saturated rings. The van der Waals surface area contributed by atoms with Gasteiger partial charge in [-0.15, -0.1) is 0 Å². The molecule has 5 unspecified atom stereocenters. The van der Waals surface area contributed by atoms with Gasteiger partial charge in [0.2, 0.25) is 0 Å². The van der Waals surface area contributed by atoms with E-state index in [1.807, 2.05) is 0 Å². The lowest BCUT2D eigenvalue weighted by atomic mass is 9.59. The fourth-order valence-electron chi connectivity index (χ4n) is 5.63. The monoisotopic (exact) mass is 280 g/mol. The molecule has 3 aliphatic carbocycles. The van der Waals surface area contributed by atoms with Gasteiger partial charge in [-0.05, 0) is 36.5 Å². The van der Waals surface area contributed by atoms with Gasteiger partial charge in [0.05, 0.1) is 0 Å². The molecular weight excluding hydrogens is 252 g/mol. The predicted octanol–water partition coefficient (Wildman–Crippen LogP) is 2.72. The highest BCUT2D eigenvalue weighted by atomic mass is 16.6. The molecular formula is C17H28O3. The molecule has 0 aromatic heterocycles. The molecule has 0 radical (unpaired) electrons. The van der Waals surface area contributed by atoms with Crippen molar-refractivity contribution >= 4 is 0 Å². The lowest BCUT2D eigenvalue weighted by Crippen LogP contribution is -2.42. The summed E-state index contributed by atoms with van der Waals surface area (Å²) in [6.45, 7) is 6.76. The minimum absolute atomic E-state index is 0.0263. The molecule has 114 valence electrons. The Morgan fingerprint density at radius 3 is 2.50 bits per heavy atom. The molecule has 3 saturated carbocycles. The number of methoxy groups -OCH3 is 1. The van der Waals surface area contributed by atoms with E-state index in [-0.39, 0.29) is 29.8 Å². The first-order chi connectivity index (χ1) is 9.50. The molecule has 0 amide bonds. The van der Waals surface area contributed by atoms with E-state index in [1.54, 1.807) is 7.11 Å². The van der Waals surface area contributed by atoms with Gasteiger partial charge in [-0.2, -0.15) is 0 Å². The molecule has 0 aliphatic heterocycles. The van der Waals surface area contributed by atoms with Crippen LogP contribution in [0, 0.1) is 29.1 Å². The molecule has 0 heterocycles. The van der Waals surface area contributed by atoms with Crippen molar-refractivity contribution in [1.82, 2.24) is 0 Å². The zero-order valence-electron chi connectivity index (χ0n) is 12.8. The number of hydrogen-bond donors (Lipinski definition) is 2. The Labute approximate surface area is 122 Å². The Morgan fingerprint density at radius 2 is 1.95 bits per heavy atom. The number of hydrogen-bond acceptors (Lipinski definition) is 3. The molecule has 0 aromatic carbocycles. The number of rotatable bonds is 3. The SMILES string of the molecule is C=C1C2C(CO)CC(C2(O)OC)C1(C)C1CCCCC1. The maximum Gasteiger partial charge on any atom is 0.175 e. The van der Waals surface area contributed by atoms with E-state index >= 15 is 0 Å². The van der Waals surface area contributed by atoms with E-state index in [1.165, 1.54) is 32.1 Å². The quantitative estimate of drug-likeness (QED) is 0.617. The molecule has 2 N–H and O–H groups in total. The second-order valence-corrected chi connectivity index (χ2v) is 7.31. The Hall–Kier alpha value is -0.380. The third-order valence-electron chi connectivity index (χ3n) is 6.76. The zero-order chi connectivity index (χ0) is 14.5. The van der Waals surface area contributed by atoms with Gasteiger partial charge in [0.1, 0.15) is 0 Å². The first-order valence-electron chi connectivity index (χ1n) is 8.07. The highest BCUT2D eigenvalue weighted by Crippen LogP contribution is 2.69. The van der Waals surface area contributed by atoms with Crippen LogP contribution in [0.25, 0.3) is 0 Å². The minimum atomic E-state index is -1.11. The number of ether oxygens (including phenoxy) is 1. The van der Waals surface area contributed by atoms with Crippen LogP contribution in [0.3, 0.4) is 0 Å². The Balaban J connectivity index is 1.97. The van der Waals surface area contributed by atoms with Gasteiger partial charge in [-0.25, -0.2) is 0 Å². The summed E-state index contributed by atoms with van der Waals surface area (Å²) in [7, 11) is 1.60. The highest BCUT2D eigenvalue weighted by molar-refractivity contribution is 5.33. The Bertz CT molecular complexity index is 401. The van der Waals surface area contributed by atoms with Gasteiger partial charge in [-0.1, -0.05) is 38.3 Å². The van der Waals surface area contributed by atoms with Crippen LogP contribution in [0.4, 0.5) is 0 Å². The van der Waals surface area contributed by atoms with Crippen LogP contribution in [0.1, 0.15) is 45.4 Å². The summed E-state index contributed by atoms with van der Waals surface area (Å²) in [4.78, 5) is 0. The van der Waals surface area contributed by atoms with Crippen LogP contribution in [0.2, 0.25) is 0 Å². The van der Waals surface area contributed by atoms with E-state index in [0.29, 0.717) is 5.92 Å². The second kappa shape index (κ2) is 4.82. The van der Waals surface area contributed by atoms with Crippen LogP contribution in [-0.2, 0) is 4.74 Å². The second-order valence-electron chi connectivity index (χ2n) is 7.31. The van der Waals surface area contributed by atoms with Crippen LogP contribution in [0.5, 0.6) is 0 Å². The molecule has 3 aliphatic rings. The highest BCUT2D eigenvalue weighted by Gasteiger charge is 2.70. The van der Waals surface area contributed by atoms with E-state index in [0.717, 1.165) is 12.0 Å². The fraction of sp³-hybridized carbons (Fsp3) is 0.882. The molecule has 2 bridgehead atoms. The lowest BCUT2D eigenvalue weighted by Gasteiger charge is -2.45. The summed E-state index contributed by atoms with van der Waals surface area (Å²) in [5.74, 6) is -0.419. The molecule has 3 nitrogen and oxygen atoms in total. The van der Waals surface area contributed by atoms with Gasteiger partial charge >= 0.3 is 0 Å². The fourth-order valence-corrected chi connectivity index (χ4v) is 5.63. The molecule has 0 spiro atoms. The molecule has 0 saturated heterocycles. The summed E-state index contributed by atoms with van der Waals surface area (Å²) < 4.78 is 5.56. The van der Waals surface area contributed by atoms with Crippen molar-refractivity contribution in [1.29, 1.82) is 0 Å². The molecule has 0 aromatic rings. The summed E-state index contributed by atoms with van der Waals surface area (Å²) in [5, 5.41) is 20.6. The number of aliphatic hydroxyl groups excluding tert-OH is 1. The molecule has 5 atom stereocenters. The van der Waals surface area contributed by atoms with Crippen LogP contribution < -0.4 is 0 Å². The number of aliphatic hydroxyl groups is 2.